The van der Waals surface area contributed by atoms with Crippen molar-refractivity contribution in [1.82, 2.24) is 19.9 Å². The molecule has 1 N–H and O–H groups in total. The first-order chi connectivity index (χ1) is 17.3. The van der Waals surface area contributed by atoms with E-state index in [9.17, 15) is 0 Å². The van der Waals surface area contributed by atoms with Gasteiger partial charge in [0.1, 0.15) is 21.3 Å². The second-order valence-electron chi connectivity index (χ2n) is 7.90. The van der Waals surface area contributed by atoms with E-state index in [0.717, 1.165) is 64.0 Å². The number of rotatable bonds is 6. The van der Waals surface area contributed by atoms with Crippen LogP contribution in [0.15, 0.2) is 59.7 Å². The van der Waals surface area contributed by atoms with Crippen molar-refractivity contribution >= 4 is 50.9 Å². The smallest absolute Gasteiger partial charge is 0.227 e. The molecule has 5 aromatic rings. The van der Waals surface area contributed by atoms with Gasteiger partial charge in [-0.25, -0.2) is 19.9 Å². The summed E-state index contributed by atoms with van der Waals surface area (Å²) in [4.78, 5) is 20.9. The molecule has 2 aromatic carbocycles. The number of aromatic nitrogens is 4. The lowest BCUT2D eigenvalue weighted by molar-refractivity contribution is 0.122. The highest BCUT2D eigenvalue weighted by molar-refractivity contribution is 7.14. The fourth-order valence-electron chi connectivity index (χ4n) is 4.19. The minimum Gasteiger partial charge on any atom is -0.494 e. The summed E-state index contributed by atoms with van der Waals surface area (Å²) in [6.07, 6.45) is 5.44. The van der Waals surface area contributed by atoms with Gasteiger partial charge < -0.3 is 19.7 Å². The molecule has 0 amide bonds. The quantitative estimate of drug-likeness (QED) is 0.327. The average molecular weight is 503 g/mol. The molecule has 10 heteroatoms. The lowest BCUT2D eigenvalue weighted by atomic mass is 10.0. The van der Waals surface area contributed by atoms with Crippen LogP contribution in [0, 0.1) is 0 Å². The normalized spacial score (nSPS) is 13.8. The molecule has 0 aliphatic carbocycles. The van der Waals surface area contributed by atoms with Gasteiger partial charge in [0.2, 0.25) is 5.95 Å². The zero-order chi connectivity index (χ0) is 23.6. The Kier molecular flexibility index (Phi) is 5.99. The lowest BCUT2D eigenvalue weighted by Crippen LogP contribution is -2.36. The van der Waals surface area contributed by atoms with Crippen LogP contribution in [0.1, 0.15) is 0 Å². The Morgan fingerprint density at radius 3 is 2.40 bits per heavy atom. The predicted molar refractivity (Wildman–Crippen MR) is 141 cm³/mol. The van der Waals surface area contributed by atoms with Gasteiger partial charge in [-0.05, 0) is 30.3 Å². The van der Waals surface area contributed by atoms with Gasteiger partial charge in [-0.3, -0.25) is 0 Å². The molecule has 1 aliphatic heterocycles. The van der Waals surface area contributed by atoms with Crippen LogP contribution in [-0.2, 0) is 4.74 Å². The second-order valence-corrected chi connectivity index (χ2v) is 9.69. The first-order valence-corrected chi connectivity index (χ1v) is 12.9. The zero-order valence-corrected chi connectivity index (χ0v) is 20.6. The van der Waals surface area contributed by atoms with Crippen LogP contribution in [-0.4, -0.2) is 53.3 Å². The number of methoxy groups -OCH3 is 1. The minimum atomic E-state index is 0.502. The van der Waals surface area contributed by atoms with E-state index in [-0.39, 0.29) is 0 Å². The van der Waals surface area contributed by atoms with Crippen LogP contribution in [0.5, 0.6) is 5.75 Å². The Morgan fingerprint density at radius 2 is 1.71 bits per heavy atom. The maximum Gasteiger partial charge on any atom is 0.227 e. The number of benzene rings is 2. The van der Waals surface area contributed by atoms with Gasteiger partial charge in [0, 0.05) is 70.3 Å². The Morgan fingerprint density at radius 1 is 0.971 bits per heavy atom. The highest BCUT2D eigenvalue weighted by Crippen LogP contribution is 2.43. The summed E-state index contributed by atoms with van der Waals surface area (Å²) in [6, 6.07) is 10.3. The molecule has 0 unspecified atom stereocenters. The Labute approximate surface area is 210 Å². The summed E-state index contributed by atoms with van der Waals surface area (Å²) in [5.41, 5.74) is 4.75. The highest BCUT2D eigenvalue weighted by atomic mass is 32.1. The van der Waals surface area contributed by atoms with E-state index in [0.29, 0.717) is 11.7 Å². The molecule has 0 atom stereocenters. The molecule has 6 rings (SSSR count). The van der Waals surface area contributed by atoms with Gasteiger partial charge in [-0.1, -0.05) is 0 Å². The van der Waals surface area contributed by atoms with Crippen molar-refractivity contribution in [3.8, 4) is 26.9 Å². The van der Waals surface area contributed by atoms with Crippen LogP contribution in [0.2, 0.25) is 0 Å². The SMILES string of the molecule is COc1cc(-c2nccs2)c(-c2nccs2)c2cnc(Nc3ccc(N4CCOCC4)cc3)nc12. The summed E-state index contributed by atoms with van der Waals surface area (Å²) in [5, 5.41) is 9.93. The van der Waals surface area contributed by atoms with Crippen molar-refractivity contribution in [2.45, 2.75) is 0 Å². The second kappa shape index (κ2) is 9.57. The first-order valence-electron chi connectivity index (χ1n) is 11.2. The molecule has 0 spiro atoms. The molecule has 1 aliphatic rings. The fourth-order valence-corrected chi connectivity index (χ4v) is 5.56. The van der Waals surface area contributed by atoms with E-state index >= 15 is 0 Å². The third kappa shape index (κ3) is 4.31. The van der Waals surface area contributed by atoms with E-state index in [1.54, 1.807) is 42.2 Å². The van der Waals surface area contributed by atoms with Gasteiger partial charge in [0.25, 0.3) is 0 Å². The molecule has 35 heavy (non-hydrogen) atoms. The van der Waals surface area contributed by atoms with Crippen molar-refractivity contribution in [2.24, 2.45) is 0 Å². The molecule has 3 aromatic heterocycles. The first kappa shape index (κ1) is 21.9. The van der Waals surface area contributed by atoms with E-state index in [2.05, 4.69) is 37.3 Å². The van der Waals surface area contributed by atoms with Crippen molar-refractivity contribution in [3.63, 3.8) is 0 Å². The maximum absolute atomic E-state index is 5.75. The highest BCUT2D eigenvalue weighted by Gasteiger charge is 2.21. The average Bonchev–Trinajstić information content (AvgIpc) is 3.64. The van der Waals surface area contributed by atoms with Crippen molar-refractivity contribution in [2.75, 3.05) is 43.6 Å². The van der Waals surface area contributed by atoms with E-state index < -0.39 is 0 Å². The summed E-state index contributed by atoms with van der Waals surface area (Å²) in [6.45, 7) is 3.34. The van der Waals surface area contributed by atoms with Gasteiger partial charge in [-0.15, -0.1) is 22.7 Å². The fraction of sp³-hybridized carbons (Fsp3) is 0.200. The van der Waals surface area contributed by atoms with E-state index in [1.807, 2.05) is 35.2 Å². The number of morpholine rings is 1. The van der Waals surface area contributed by atoms with Crippen molar-refractivity contribution < 1.29 is 9.47 Å². The van der Waals surface area contributed by atoms with Crippen LogP contribution in [0.25, 0.3) is 32.0 Å². The number of nitrogens with one attached hydrogen (secondary N) is 1. The number of fused-ring (bicyclic) bond motifs is 1. The van der Waals surface area contributed by atoms with E-state index in [4.69, 9.17) is 14.5 Å². The van der Waals surface area contributed by atoms with Gasteiger partial charge in [0.15, 0.2) is 0 Å². The van der Waals surface area contributed by atoms with Gasteiger partial charge >= 0.3 is 0 Å². The predicted octanol–water partition coefficient (Wildman–Crippen LogP) is 5.47. The van der Waals surface area contributed by atoms with Crippen LogP contribution in [0.4, 0.5) is 17.3 Å². The summed E-state index contributed by atoms with van der Waals surface area (Å²) >= 11 is 3.16. The van der Waals surface area contributed by atoms with Crippen LogP contribution >= 0.6 is 22.7 Å². The third-order valence-electron chi connectivity index (χ3n) is 5.86. The van der Waals surface area contributed by atoms with Gasteiger partial charge in [0.05, 0.1) is 20.3 Å². The monoisotopic (exact) mass is 502 g/mol. The summed E-state index contributed by atoms with van der Waals surface area (Å²) in [5.74, 6) is 1.17. The number of hydrogen-bond acceptors (Lipinski definition) is 10. The standard InChI is InChI=1S/C25H22N6O2S2/c1-32-20-14-18(23-26-6-12-34-23)21(24-27-7-13-35-24)19-15-28-25(30-22(19)20)29-16-2-4-17(5-3-16)31-8-10-33-11-9-31/h2-7,12-15H,8-11H2,1H3,(H,28,29,30). The van der Waals surface area contributed by atoms with Crippen molar-refractivity contribution in [3.05, 3.63) is 59.7 Å². The Balaban J connectivity index is 1.38. The number of ether oxygens (including phenoxy) is 2. The molecule has 0 bridgehead atoms. The largest absolute Gasteiger partial charge is 0.494 e. The molecule has 8 nitrogen and oxygen atoms in total. The Bertz CT molecular complexity index is 1430. The van der Waals surface area contributed by atoms with Crippen LogP contribution < -0.4 is 15.0 Å². The van der Waals surface area contributed by atoms with Crippen molar-refractivity contribution in [1.29, 1.82) is 0 Å². The lowest BCUT2D eigenvalue weighted by Gasteiger charge is -2.28. The molecular formula is C25H22N6O2S2. The van der Waals surface area contributed by atoms with E-state index in [1.165, 1.54) is 5.69 Å². The number of nitrogens with zero attached hydrogens (tertiary/aromatic N) is 5. The maximum atomic E-state index is 5.75. The molecule has 176 valence electrons. The van der Waals surface area contributed by atoms with Crippen LogP contribution in [0.3, 0.4) is 0 Å². The number of hydrogen-bond donors (Lipinski definition) is 1. The molecular weight excluding hydrogens is 480 g/mol. The Hall–Kier alpha value is -3.60. The van der Waals surface area contributed by atoms with Gasteiger partial charge in [-0.2, -0.15) is 0 Å². The number of thiazole rings is 2. The summed E-state index contributed by atoms with van der Waals surface area (Å²) in [7, 11) is 1.66. The zero-order valence-electron chi connectivity index (χ0n) is 19.0. The molecule has 4 heterocycles. The molecule has 0 radical (unpaired) electrons. The molecule has 1 fully saturated rings. The topological polar surface area (TPSA) is 85.3 Å². The number of anilines is 3. The third-order valence-corrected chi connectivity index (χ3v) is 7.46. The molecule has 1 saturated heterocycles. The minimum absolute atomic E-state index is 0.502. The molecule has 0 saturated carbocycles. The summed E-state index contributed by atoms with van der Waals surface area (Å²) < 4.78 is 11.2.